The Morgan fingerprint density at radius 1 is 1.22 bits per heavy atom. The van der Waals surface area contributed by atoms with Gasteiger partial charge in [0.15, 0.2) is 11.5 Å². The van der Waals surface area contributed by atoms with Gasteiger partial charge < -0.3 is 19.7 Å². The van der Waals surface area contributed by atoms with Crippen LogP contribution in [0, 0.1) is 17.2 Å². The SMILES string of the molecule is COc1cc([C@@H](C)NC(=O)N2CCC(C#N)CC2)ccc1OC1CCCC1. The lowest BCUT2D eigenvalue weighted by Gasteiger charge is -2.30. The molecule has 146 valence electrons. The second kappa shape index (κ2) is 8.98. The van der Waals surface area contributed by atoms with Crippen molar-refractivity contribution in [3.8, 4) is 17.6 Å². The van der Waals surface area contributed by atoms with Crippen LogP contribution in [0.3, 0.4) is 0 Å². The van der Waals surface area contributed by atoms with Crippen molar-refractivity contribution in [3.05, 3.63) is 23.8 Å². The number of nitrogens with zero attached hydrogens (tertiary/aromatic N) is 2. The molecule has 2 fully saturated rings. The van der Waals surface area contributed by atoms with Crippen molar-refractivity contribution >= 4 is 6.03 Å². The first-order chi connectivity index (χ1) is 13.1. The van der Waals surface area contributed by atoms with Gasteiger partial charge in [0.05, 0.1) is 25.3 Å². The minimum absolute atomic E-state index is 0.0724. The Balaban J connectivity index is 1.59. The number of hydrogen-bond donors (Lipinski definition) is 1. The van der Waals surface area contributed by atoms with Crippen molar-refractivity contribution in [3.63, 3.8) is 0 Å². The van der Waals surface area contributed by atoms with Crippen molar-refractivity contribution in [2.45, 2.75) is 57.6 Å². The molecule has 1 aliphatic heterocycles. The highest BCUT2D eigenvalue weighted by Gasteiger charge is 2.24. The standard InChI is InChI=1S/C21H29N3O3/c1-15(23-21(25)24-11-9-16(14-22)10-12-24)17-7-8-19(20(13-17)26-2)27-18-5-3-4-6-18/h7-8,13,15-16,18H,3-6,9-12H2,1-2H3,(H,23,25)/t15-/m1/s1. The second-order valence-electron chi connectivity index (χ2n) is 7.50. The zero-order chi connectivity index (χ0) is 19.2. The van der Waals surface area contributed by atoms with Gasteiger partial charge in [0.1, 0.15) is 0 Å². The van der Waals surface area contributed by atoms with E-state index in [1.54, 1.807) is 12.0 Å². The molecular weight excluding hydrogens is 342 g/mol. The molecule has 0 unspecified atom stereocenters. The molecule has 1 N–H and O–H groups in total. The van der Waals surface area contributed by atoms with E-state index >= 15 is 0 Å². The maximum absolute atomic E-state index is 12.5. The first-order valence-corrected chi connectivity index (χ1v) is 9.90. The number of nitriles is 1. The van der Waals surface area contributed by atoms with Crippen molar-refractivity contribution in [1.82, 2.24) is 10.2 Å². The van der Waals surface area contributed by atoms with E-state index in [2.05, 4.69) is 11.4 Å². The minimum atomic E-state index is -0.138. The van der Waals surface area contributed by atoms with Gasteiger partial charge in [-0.25, -0.2) is 4.79 Å². The number of rotatable bonds is 5. The van der Waals surface area contributed by atoms with E-state index in [1.165, 1.54) is 12.8 Å². The smallest absolute Gasteiger partial charge is 0.317 e. The quantitative estimate of drug-likeness (QED) is 0.848. The highest BCUT2D eigenvalue weighted by Crippen LogP contribution is 2.33. The zero-order valence-electron chi connectivity index (χ0n) is 16.2. The maximum Gasteiger partial charge on any atom is 0.317 e. The Kier molecular flexibility index (Phi) is 6.44. The predicted octanol–water partition coefficient (Wildman–Crippen LogP) is 4.02. The topological polar surface area (TPSA) is 74.6 Å². The fourth-order valence-corrected chi connectivity index (χ4v) is 3.81. The van der Waals surface area contributed by atoms with Crippen LogP contribution in [0.15, 0.2) is 18.2 Å². The van der Waals surface area contributed by atoms with Crippen LogP contribution in [0.1, 0.15) is 57.1 Å². The number of methoxy groups -OCH3 is 1. The molecular formula is C21H29N3O3. The molecule has 6 heteroatoms. The molecule has 1 aliphatic carbocycles. The molecule has 1 heterocycles. The van der Waals surface area contributed by atoms with Crippen LogP contribution < -0.4 is 14.8 Å². The van der Waals surface area contributed by atoms with Crippen LogP contribution in [0.25, 0.3) is 0 Å². The molecule has 2 aliphatic rings. The highest BCUT2D eigenvalue weighted by atomic mass is 16.5. The number of benzene rings is 1. The summed E-state index contributed by atoms with van der Waals surface area (Å²) < 4.78 is 11.6. The van der Waals surface area contributed by atoms with Gasteiger partial charge in [0.25, 0.3) is 0 Å². The van der Waals surface area contributed by atoms with Gasteiger partial charge in [-0.3, -0.25) is 0 Å². The van der Waals surface area contributed by atoms with Crippen LogP contribution >= 0.6 is 0 Å². The van der Waals surface area contributed by atoms with E-state index in [9.17, 15) is 4.79 Å². The van der Waals surface area contributed by atoms with Gasteiger partial charge in [-0.2, -0.15) is 5.26 Å². The number of amides is 2. The third kappa shape index (κ3) is 4.85. The molecule has 1 atom stereocenters. The molecule has 3 rings (SSSR count). The van der Waals surface area contributed by atoms with E-state index in [0.717, 1.165) is 37.0 Å². The third-order valence-electron chi connectivity index (χ3n) is 5.59. The lowest BCUT2D eigenvalue weighted by Crippen LogP contribution is -2.45. The first-order valence-electron chi connectivity index (χ1n) is 9.90. The molecule has 0 radical (unpaired) electrons. The summed E-state index contributed by atoms with van der Waals surface area (Å²) in [6.45, 7) is 3.23. The lowest BCUT2D eigenvalue weighted by atomic mass is 9.99. The number of urea groups is 1. The average molecular weight is 371 g/mol. The Morgan fingerprint density at radius 2 is 1.93 bits per heavy atom. The van der Waals surface area contributed by atoms with Crippen LogP contribution in [-0.4, -0.2) is 37.2 Å². The summed E-state index contributed by atoms with van der Waals surface area (Å²) in [4.78, 5) is 14.3. The normalized spacial score (nSPS) is 19.4. The summed E-state index contributed by atoms with van der Waals surface area (Å²) in [7, 11) is 1.64. The number of nitrogens with one attached hydrogen (secondary N) is 1. The number of hydrogen-bond acceptors (Lipinski definition) is 4. The van der Waals surface area contributed by atoms with E-state index < -0.39 is 0 Å². The fourth-order valence-electron chi connectivity index (χ4n) is 3.81. The predicted molar refractivity (Wildman–Crippen MR) is 103 cm³/mol. The van der Waals surface area contributed by atoms with Crippen LogP contribution in [0.5, 0.6) is 11.5 Å². The van der Waals surface area contributed by atoms with Gasteiger partial charge in [0, 0.05) is 19.0 Å². The van der Waals surface area contributed by atoms with Crippen LogP contribution in [0.4, 0.5) is 4.79 Å². The number of piperidine rings is 1. The second-order valence-corrected chi connectivity index (χ2v) is 7.50. The summed E-state index contributed by atoms with van der Waals surface area (Å²) in [6, 6.07) is 7.94. The van der Waals surface area contributed by atoms with Gasteiger partial charge in [-0.1, -0.05) is 6.07 Å². The lowest BCUT2D eigenvalue weighted by molar-refractivity contribution is 0.176. The maximum atomic E-state index is 12.5. The van der Waals surface area contributed by atoms with E-state index in [-0.39, 0.29) is 24.1 Å². The largest absolute Gasteiger partial charge is 0.493 e. The highest BCUT2D eigenvalue weighted by molar-refractivity contribution is 5.74. The Hall–Kier alpha value is -2.42. The zero-order valence-corrected chi connectivity index (χ0v) is 16.2. The molecule has 2 amide bonds. The van der Waals surface area contributed by atoms with Crippen LogP contribution in [-0.2, 0) is 0 Å². The Bertz CT molecular complexity index is 686. The molecule has 6 nitrogen and oxygen atoms in total. The molecule has 1 aromatic rings. The summed E-state index contributed by atoms with van der Waals surface area (Å²) in [6.07, 6.45) is 6.41. The van der Waals surface area contributed by atoms with E-state index in [4.69, 9.17) is 14.7 Å². The number of ether oxygens (including phenoxy) is 2. The summed E-state index contributed by atoms with van der Waals surface area (Å²) in [5.74, 6) is 1.55. The van der Waals surface area contributed by atoms with Gasteiger partial charge in [-0.05, 0) is 63.1 Å². The molecule has 0 bridgehead atoms. The number of carbonyl (C=O) groups is 1. The Labute approximate surface area is 161 Å². The fraction of sp³-hybridized carbons (Fsp3) is 0.619. The van der Waals surface area contributed by atoms with Gasteiger partial charge in [0.2, 0.25) is 0 Å². The molecule has 1 aromatic carbocycles. The molecule has 1 saturated heterocycles. The summed E-state index contributed by atoms with van der Waals surface area (Å²) >= 11 is 0. The first kappa shape index (κ1) is 19.3. The average Bonchev–Trinajstić information content (AvgIpc) is 3.21. The van der Waals surface area contributed by atoms with E-state index in [0.29, 0.717) is 18.8 Å². The number of likely N-dealkylation sites (tertiary alicyclic amines) is 1. The number of carbonyl (C=O) groups excluding carboxylic acids is 1. The summed E-state index contributed by atoms with van der Waals surface area (Å²) in [5.41, 5.74) is 0.978. The van der Waals surface area contributed by atoms with Crippen molar-refractivity contribution < 1.29 is 14.3 Å². The monoisotopic (exact) mass is 371 g/mol. The van der Waals surface area contributed by atoms with Crippen LogP contribution in [0.2, 0.25) is 0 Å². The minimum Gasteiger partial charge on any atom is -0.493 e. The molecule has 0 aromatic heterocycles. The molecule has 27 heavy (non-hydrogen) atoms. The Morgan fingerprint density at radius 3 is 2.56 bits per heavy atom. The summed E-state index contributed by atoms with van der Waals surface area (Å²) in [5, 5.41) is 12.0. The molecule has 1 saturated carbocycles. The van der Waals surface area contributed by atoms with E-state index in [1.807, 2.05) is 25.1 Å². The third-order valence-corrected chi connectivity index (χ3v) is 5.59. The molecule has 0 spiro atoms. The van der Waals surface area contributed by atoms with Gasteiger partial charge >= 0.3 is 6.03 Å². The van der Waals surface area contributed by atoms with Crippen molar-refractivity contribution in [2.75, 3.05) is 20.2 Å². The van der Waals surface area contributed by atoms with Gasteiger partial charge in [-0.15, -0.1) is 0 Å². The van der Waals surface area contributed by atoms with Crippen molar-refractivity contribution in [1.29, 1.82) is 5.26 Å². The van der Waals surface area contributed by atoms with Crippen molar-refractivity contribution in [2.24, 2.45) is 5.92 Å².